The minimum Gasteiger partial charge on any atom is -0.356 e. The Kier molecular flexibility index (Phi) is 9.11. The van der Waals surface area contributed by atoms with Crippen LogP contribution in [0.25, 0.3) is 0 Å². The number of nitrogens with zero attached hydrogens (tertiary/aromatic N) is 2. The van der Waals surface area contributed by atoms with Crippen molar-refractivity contribution < 1.29 is 41.5 Å². The molecule has 3 N–H and O–H groups in total. The van der Waals surface area contributed by atoms with Crippen LogP contribution in [0.1, 0.15) is 26.7 Å². The highest BCUT2D eigenvalue weighted by Gasteiger charge is 2.69. The van der Waals surface area contributed by atoms with Gasteiger partial charge in [-0.2, -0.15) is 24.9 Å². The summed E-state index contributed by atoms with van der Waals surface area (Å²) in [5, 5.41) is 4.91. The number of hydrogen-bond acceptors (Lipinski definition) is 6. The van der Waals surface area contributed by atoms with Gasteiger partial charge in [-0.15, -0.1) is 0 Å². The van der Waals surface area contributed by atoms with Crippen LogP contribution in [0.2, 0.25) is 0 Å². The summed E-state index contributed by atoms with van der Waals surface area (Å²) in [6.07, 6.45) is -3.30. The van der Waals surface area contributed by atoms with E-state index in [0.29, 0.717) is 18.0 Å². The zero-order valence-electron chi connectivity index (χ0n) is 20.9. The summed E-state index contributed by atoms with van der Waals surface area (Å²) < 4.78 is 52.5. The molecule has 2 unspecified atom stereocenters. The average Bonchev–Trinajstić information content (AvgIpc) is 3.19. The van der Waals surface area contributed by atoms with E-state index >= 15 is 0 Å². The largest absolute Gasteiger partial charge is 0.471 e. The van der Waals surface area contributed by atoms with Gasteiger partial charge in [0, 0.05) is 13.1 Å². The molecular formula is C22H30ClF4N5O5S. The molecule has 10 nitrogen and oxygen atoms in total. The molecule has 16 heteroatoms. The van der Waals surface area contributed by atoms with Crippen molar-refractivity contribution in [3.05, 3.63) is 0 Å². The normalized spacial score (nSPS) is 27.2. The van der Waals surface area contributed by atoms with E-state index in [1.54, 1.807) is 11.6 Å². The van der Waals surface area contributed by atoms with Crippen LogP contribution >= 0.6 is 23.4 Å². The Morgan fingerprint density at radius 2 is 1.95 bits per heavy atom. The number of hydrazine groups is 1. The topological polar surface area (TPSA) is 128 Å². The lowest BCUT2D eigenvalue weighted by Gasteiger charge is -2.34. The summed E-state index contributed by atoms with van der Waals surface area (Å²) in [5.41, 5.74) is -0.616. The van der Waals surface area contributed by atoms with Gasteiger partial charge in [-0.3, -0.25) is 29.4 Å². The molecule has 0 aromatic rings. The highest BCUT2D eigenvalue weighted by Crippen LogP contribution is 2.64. The van der Waals surface area contributed by atoms with Crippen LogP contribution in [0.3, 0.4) is 0 Å². The van der Waals surface area contributed by atoms with E-state index in [2.05, 4.69) is 10.7 Å². The number of piperidine rings is 1. The molecule has 3 fully saturated rings. The van der Waals surface area contributed by atoms with Crippen LogP contribution in [0.15, 0.2) is 0 Å². The van der Waals surface area contributed by atoms with Gasteiger partial charge in [-0.25, -0.2) is 9.40 Å². The molecule has 0 radical (unpaired) electrons. The maximum atomic E-state index is 13.7. The maximum absolute atomic E-state index is 13.7. The Balaban J connectivity index is 1.83. The molecule has 0 spiro atoms. The van der Waals surface area contributed by atoms with Crippen LogP contribution in [0.4, 0.5) is 17.6 Å². The predicted octanol–water partition coefficient (Wildman–Crippen LogP) is 0.800. The van der Waals surface area contributed by atoms with Gasteiger partial charge in [-0.05, 0) is 42.1 Å². The number of fused-ring (bicyclic) bond motifs is 1. The quantitative estimate of drug-likeness (QED) is 0.208. The molecule has 3 aliphatic rings. The first kappa shape index (κ1) is 30.3. The summed E-state index contributed by atoms with van der Waals surface area (Å²) >= 11 is 6.58. The number of rotatable bonds is 9. The molecule has 0 aromatic carbocycles. The number of carbonyl (C=O) groups excluding carboxylic acids is 5. The SMILES string of the molecule is CSCCC(NC(=O)C(F)(F)F)C(=O)N1C[C@H]2[C@@H]([C@H]1C(=O)NN(C[C@@H]1CCNC1=O)C(=O)C(F)Cl)C2(C)C. The van der Waals surface area contributed by atoms with Gasteiger partial charge >= 0.3 is 12.1 Å². The van der Waals surface area contributed by atoms with Crippen molar-refractivity contribution >= 4 is 52.9 Å². The fourth-order valence-corrected chi connectivity index (χ4v) is 5.88. The van der Waals surface area contributed by atoms with E-state index in [1.807, 2.05) is 13.8 Å². The summed E-state index contributed by atoms with van der Waals surface area (Å²) in [6.45, 7) is 3.75. The average molecular weight is 588 g/mol. The molecule has 1 saturated carbocycles. The molecule has 6 atom stereocenters. The molecule has 38 heavy (non-hydrogen) atoms. The standard InChI is InChI=1S/C22H30ClF4N5O5S/c1-21(2)11-9-31(18(35)12(5-7-38-3)29-20(37)22(25,26)27)14(13(11)21)17(34)30-32(19(36)15(23)24)8-10-4-6-28-16(10)33/h10-15H,4-9H2,1-3H3,(H,28,33)(H,29,37)(H,30,34)/t10-,11-,12?,13-,14-,15?/m0/s1. The van der Waals surface area contributed by atoms with Crippen molar-refractivity contribution in [1.29, 1.82) is 0 Å². The number of amides is 5. The Bertz CT molecular complexity index is 984. The maximum Gasteiger partial charge on any atom is 0.471 e. The molecule has 3 rings (SSSR count). The monoisotopic (exact) mass is 587 g/mol. The van der Waals surface area contributed by atoms with Gasteiger partial charge in [0.2, 0.25) is 11.8 Å². The second-order valence-corrected chi connectivity index (χ2v) is 11.6. The first-order chi connectivity index (χ1) is 17.6. The van der Waals surface area contributed by atoms with Crippen molar-refractivity contribution in [2.45, 2.75) is 50.6 Å². The summed E-state index contributed by atoms with van der Waals surface area (Å²) in [6, 6.07) is -2.74. The summed E-state index contributed by atoms with van der Waals surface area (Å²) in [7, 11) is 0. The highest BCUT2D eigenvalue weighted by atomic mass is 35.5. The first-order valence-electron chi connectivity index (χ1n) is 12.0. The van der Waals surface area contributed by atoms with E-state index in [-0.39, 0.29) is 37.1 Å². The van der Waals surface area contributed by atoms with Gasteiger partial charge in [0.25, 0.3) is 17.4 Å². The highest BCUT2D eigenvalue weighted by molar-refractivity contribution is 7.98. The van der Waals surface area contributed by atoms with Crippen molar-refractivity contribution in [3.63, 3.8) is 0 Å². The van der Waals surface area contributed by atoms with Crippen LogP contribution < -0.4 is 16.1 Å². The second-order valence-electron chi connectivity index (χ2n) is 10.2. The Morgan fingerprint density at radius 1 is 1.29 bits per heavy atom. The molecule has 2 aliphatic heterocycles. The molecule has 2 heterocycles. The number of likely N-dealkylation sites (tertiary alicyclic amines) is 1. The van der Waals surface area contributed by atoms with Gasteiger partial charge in [0.1, 0.15) is 12.1 Å². The first-order valence-corrected chi connectivity index (χ1v) is 13.8. The van der Waals surface area contributed by atoms with E-state index in [9.17, 15) is 41.5 Å². The number of halogens is 5. The number of nitrogens with one attached hydrogen (secondary N) is 3. The number of alkyl halides is 5. The second kappa shape index (κ2) is 11.4. The van der Waals surface area contributed by atoms with Gasteiger partial charge in [0.05, 0.1) is 12.5 Å². The minimum atomic E-state index is -5.21. The van der Waals surface area contributed by atoms with Gasteiger partial charge in [-0.1, -0.05) is 25.4 Å². The van der Waals surface area contributed by atoms with E-state index in [1.165, 1.54) is 11.8 Å². The summed E-state index contributed by atoms with van der Waals surface area (Å²) in [5.74, 6) is -6.72. The van der Waals surface area contributed by atoms with Crippen molar-refractivity contribution in [2.75, 3.05) is 31.6 Å². The van der Waals surface area contributed by atoms with Crippen LogP contribution in [0, 0.1) is 23.2 Å². The lowest BCUT2D eigenvalue weighted by molar-refractivity contribution is -0.175. The minimum absolute atomic E-state index is 0.0481. The fraction of sp³-hybridized carbons (Fsp3) is 0.773. The van der Waals surface area contributed by atoms with Crippen molar-refractivity contribution in [3.8, 4) is 0 Å². The number of thioether (sulfide) groups is 1. The molecule has 5 amide bonds. The third kappa shape index (κ3) is 6.29. The van der Waals surface area contributed by atoms with Crippen LogP contribution in [-0.4, -0.2) is 95.0 Å². The smallest absolute Gasteiger partial charge is 0.356 e. The molecule has 0 aromatic heterocycles. The molecular weight excluding hydrogens is 558 g/mol. The van der Waals surface area contributed by atoms with Crippen molar-refractivity contribution in [1.82, 2.24) is 26.0 Å². The third-order valence-electron chi connectivity index (χ3n) is 7.50. The predicted molar refractivity (Wildman–Crippen MR) is 129 cm³/mol. The zero-order chi connectivity index (χ0) is 28.6. The summed E-state index contributed by atoms with van der Waals surface area (Å²) in [4.78, 5) is 64.0. The number of hydrogen-bond donors (Lipinski definition) is 3. The lowest BCUT2D eigenvalue weighted by Crippen LogP contribution is -2.60. The molecule has 214 valence electrons. The number of carbonyl (C=O) groups is 5. The van der Waals surface area contributed by atoms with E-state index < -0.39 is 64.8 Å². The van der Waals surface area contributed by atoms with Gasteiger partial charge in [0.15, 0.2) is 0 Å². The van der Waals surface area contributed by atoms with Crippen LogP contribution in [0.5, 0.6) is 0 Å². The Morgan fingerprint density at radius 3 is 2.47 bits per heavy atom. The molecule has 1 aliphatic carbocycles. The zero-order valence-corrected chi connectivity index (χ0v) is 22.5. The third-order valence-corrected chi connectivity index (χ3v) is 8.33. The van der Waals surface area contributed by atoms with Crippen LogP contribution in [-0.2, 0) is 24.0 Å². The van der Waals surface area contributed by atoms with Crippen molar-refractivity contribution in [2.24, 2.45) is 23.2 Å². The van der Waals surface area contributed by atoms with Gasteiger partial charge < -0.3 is 15.5 Å². The van der Waals surface area contributed by atoms with E-state index in [0.717, 1.165) is 4.90 Å². The molecule has 2 saturated heterocycles. The molecule has 0 bridgehead atoms. The Labute approximate surface area is 225 Å². The van der Waals surface area contributed by atoms with E-state index in [4.69, 9.17) is 11.6 Å². The Hall–Kier alpha value is -2.29. The fourth-order valence-electron chi connectivity index (χ4n) is 5.29. The lowest BCUT2D eigenvalue weighted by atomic mass is 9.99.